The molecule has 2 aromatic rings. The topological polar surface area (TPSA) is 110 Å². The van der Waals surface area contributed by atoms with Crippen LogP contribution in [-0.2, 0) is 14.3 Å². The zero-order chi connectivity index (χ0) is 23.9. The van der Waals surface area contributed by atoms with Crippen LogP contribution < -0.4 is 15.5 Å². The molecule has 0 unspecified atom stereocenters. The minimum absolute atomic E-state index is 0.00446. The van der Waals surface area contributed by atoms with E-state index in [-0.39, 0.29) is 30.1 Å². The number of hydrogen-bond acceptors (Lipinski definition) is 8. The number of nitrogens with one attached hydrogen (secondary N) is 2. The molecule has 2 amide bonds. The third-order valence-electron chi connectivity index (χ3n) is 6.38. The lowest BCUT2D eigenvalue weighted by Crippen LogP contribution is -2.36. The van der Waals surface area contributed by atoms with Crippen molar-refractivity contribution in [1.29, 1.82) is 0 Å². The van der Waals surface area contributed by atoms with Gasteiger partial charge in [0.15, 0.2) is 5.78 Å². The number of thiazole rings is 1. The van der Waals surface area contributed by atoms with Crippen molar-refractivity contribution < 1.29 is 23.9 Å². The number of rotatable bonds is 7. The highest BCUT2D eigenvalue weighted by atomic mass is 32.1. The van der Waals surface area contributed by atoms with E-state index in [0.717, 1.165) is 55.2 Å². The number of carbonyl (C=O) groups excluding carboxylic acids is 3. The summed E-state index contributed by atoms with van der Waals surface area (Å²) in [6.07, 6.45) is 2.58. The molecule has 0 bridgehead atoms. The molecule has 9 nitrogen and oxygen atoms in total. The molecule has 0 radical (unpaired) electrons. The van der Waals surface area contributed by atoms with E-state index in [0.29, 0.717) is 18.9 Å². The van der Waals surface area contributed by atoms with Crippen molar-refractivity contribution in [2.45, 2.75) is 31.6 Å². The summed E-state index contributed by atoms with van der Waals surface area (Å²) in [5.41, 5.74) is 2.17. The van der Waals surface area contributed by atoms with E-state index in [2.05, 4.69) is 25.3 Å². The molecule has 2 fully saturated rings. The van der Waals surface area contributed by atoms with E-state index in [9.17, 15) is 14.4 Å². The van der Waals surface area contributed by atoms with Crippen molar-refractivity contribution in [2.24, 2.45) is 5.92 Å². The summed E-state index contributed by atoms with van der Waals surface area (Å²) in [5.74, 6) is -0.0134. The zero-order valence-electron chi connectivity index (χ0n) is 19.2. The molecule has 1 aliphatic heterocycles. The molecular weight excluding hydrogens is 456 g/mol. The van der Waals surface area contributed by atoms with Gasteiger partial charge in [-0.3, -0.25) is 9.59 Å². The van der Waals surface area contributed by atoms with E-state index in [1.165, 1.54) is 18.4 Å². The maximum atomic E-state index is 12.9. The highest BCUT2D eigenvalue weighted by Crippen LogP contribution is 2.37. The van der Waals surface area contributed by atoms with Gasteiger partial charge in [0.25, 0.3) is 5.91 Å². The molecular formula is C24H30N4O5S. The van der Waals surface area contributed by atoms with Crippen LogP contribution in [0.1, 0.15) is 47.1 Å². The Bertz CT molecular complexity index is 1010. The van der Waals surface area contributed by atoms with Gasteiger partial charge in [-0.2, -0.15) is 0 Å². The minimum Gasteiger partial charge on any atom is -0.453 e. The Hall–Kier alpha value is -2.98. The van der Waals surface area contributed by atoms with Gasteiger partial charge < -0.3 is 25.0 Å². The Morgan fingerprint density at radius 1 is 1.15 bits per heavy atom. The summed E-state index contributed by atoms with van der Waals surface area (Å²) in [5, 5.41) is 8.22. The second-order valence-corrected chi connectivity index (χ2v) is 9.39. The van der Waals surface area contributed by atoms with Gasteiger partial charge in [-0.25, -0.2) is 9.78 Å². The highest BCUT2D eigenvalue weighted by molar-refractivity contribution is 7.10. The summed E-state index contributed by atoms with van der Waals surface area (Å²) in [6.45, 7) is 2.92. The number of alkyl carbamates (subject to hydrolysis) is 1. The number of methoxy groups -OCH3 is 1. The first kappa shape index (κ1) is 24.2. The van der Waals surface area contributed by atoms with Crippen molar-refractivity contribution in [2.75, 3.05) is 50.2 Å². The van der Waals surface area contributed by atoms with Crippen LogP contribution in [0.4, 0.5) is 16.2 Å². The molecule has 2 aliphatic rings. The lowest BCUT2D eigenvalue weighted by molar-refractivity contribution is -0.122. The Balaban J connectivity index is 1.32. The maximum absolute atomic E-state index is 12.9. The first-order chi connectivity index (χ1) is 16.5. The van der Waals surface area contributed by atoms with Gasteiger partial charge >= 0.3 is 6.09 Å². The van der Waals surface area contributed by atoms with E-state index >= 15 is 0 Å². The van der Waals surface area contributed by atoms with Crippen LogP contribution in [0.25, 0.3) is 0 Å². The van der Waals surface area contributed by atoms with Gasteiger partial charge in [0.1, 0.15) is 5.69 Å². The number of carbonyl (C=O) groups is 3. The van der Waals surface area contributed by atoms with Crippen molar-refractivity contribution in [3.05, 3.63) is 40.3 Å². The summed E-state index contributed by atoms with van der Waals surface area (Å²) in [6, 6.07) is 7.79. The number of ketones is 1. The molecule has 182 valence electrons. The molecule has 1 saturated carbocycles. The standard InChI is InChI=1S/C24H30N4O5S/c1-32-24(31)25-14-21(29)16-6-8-17(9-7-16)23-27-19(15-34-23)22(30)26-18-4-2-3-5-20(18)28-10-12-33-13-11-28/h2-5,15-17H,6-14H2,1H3,(H,25,31)(H,26,30). The molecule has 1 saturated heterocycles. The third kappa shape index (κ3) is 5.92. The SMILES string of the molecule is COC(=O)NCC(=O)C1CCC(c2nc(C(=O)Nc3ccccc3N3CCOCC3)cs2)CC1. The minimum atomic E-state index is -0.594. The van der Waals surface area contributed by atoms with Crippen molar-refractivity contribution in [3.8, 4) is 0 Å². The molecule has 1 aliphatic carbocycles. The number of anilines is 2. The number of aromatic nitrogens is 1. The summed E-state index contributed by atoms with van der Waals surface area (Å²) in [7, 11) is 1.27. The Kier molecular flexibility index (Phi) is 8.12. The third-order valence-corrected chi connectivity index (χ3v) is 7.39. The second-order valence-electron chi connectivity index (χ2n) is 8.50. The lowest BCUT2D eigenvalue weighted by atomic mass is 9.80. The molecule has 2 N–H and O–H groups in total. The molecule has 1 aromatic heterocycles. The van der Waals surface area contributed by atoms with Gasteiger partial charge in [-0.05, 0) is 37.8 Å². The molecule has 0 atom stereocenters. The molecule has 34 heavy (non-hydrogen) atoms. The average Bonchev–Trinajstić information content (AvgIpc) is 3.38. The Labute approximate surface area is 202 Å². The number of nitrogens with zero attached hydrogens (tertiary/aromatic N) is 2. The van der Waals surface area contributed by atoms with Gasteiger partial charge in [-0.1, -0.05) is 12.1 Å². The van der Waals surface area contributed by atoms with Crippen molar-refractivity contribution in [3.63, 3.8) is 0 Å². The summed E-state index contributed by atoms with van der Waals surface area (Å²) in [4.78, 5) is 43.3. The number of morpholine rings is 1. The highest BCUT2D eigenvalue weighted by Gasteiger charge is 2.29. The second kappa shape index (κ2) is 11.4. The van der Waals surface area contributed by atoms with Crippen LogP contribution in [0, 0.1) is 5.92 Å². The predicted molar refractivity (Wildman–Crippen MR) is 130 cm³/mol. The fourth-order valence-electron chi connectivity index (χ4n) is 4.46. The molecule has 2 heterocycles. The lowest BCUT2D eigenvalue weighted by Gasteiger charge is -2.30. The summed E-state index contributed by atoms with van der Waals surface area (Å²) >= 11 is 1.50. The van der Waals surface area contributed by atoms with Gasteiger partial charge in [0.2, 0.25) is 0 Å². The van der Waals surface area contributed by atoms with Crippen LogP contribution in [0.5, 0.6) is 0 Å². The number of Topliss-reactive ketones (excluding diaryl/α,β-unsaturated/α-hetero) is 1. The molecule has 4 rings (SSSR count). The number of hydrogen-bond donors (Lipinski definition) is 2. The van der Waals surface area contributed by atoms with Gasteiger partial charge in [0.05, 0.1) is 43.3 Å². The smallest absolute Gasteiger partial charge is 0.407 e. The molecule has 1 aromatic carbocycles. The number of benzene rings is 1. The fourth-order valence-corrected chi connectivity index (χ4v) is 5.43. The van der Waals surface area contributed by atoms with Crippen LogP contribution >= 0.6 is 11.3 Å². The quantitative estimate of drug-likeness (QED) is 0.617. The van der Waals surface area contributed by atoms with E-state index in [1.807, 2.05) is 24.3 Å². The Morgan fingerprint density at radius 2 is 1.88 bits per heavy atom. The van der Waals surface area contributed by atoms with Gasteiger partial charge in [0, 0.05) is 30.3 Å². The van der Waals surface area contributed by atoms with Crippen LogP contribution in [0.2, 0.25) is 0 Å². The average molecular weight is 487 g/mol. The number of ether oxygens (including phenoxy) is 2. The van der Waals surface area contributed by atoms with E-state index in [1.54, 1.807) is 5.38 Å². The number of para-hydroxylation sites is 2. The first-order valence-corrected chi connectivity index (χ1v) is 12.5. The van der Waals surface area contributed by atoms with Crippen LogP contribution in [0.15, 0.2) is 29.6 Å². The van der Waals surface area contributed by atoms with E-state index < -0.39 is 6.09 Å². The molecule has 10 heteroatoms. The van der Waals surface area contributed by atoms with E-state index in [4.69, 9.17) is 4.74 Å². The first-order valence-electron chi connectivity index (χ1n) is 11.6. The largest absolute Gasteiger partial charge is 0.453 e. The van der Waals surface area contributed by atoms with Crippen LogP contribution in [0.3, 0.4) is 0 Å². The monoisotopic (exact) mass is 486 g/mol. The molecule has 0 spiro atoms. The van der Waals surface area contributed by atoms with Crippen molar-refractivity contribution >= 4 is 40.5 Å². The number of amides is 2. The van der Waals surface area contributed by atoms with Gasteiger partial charge in [-0.15, -0.1) is 11.3 Å². The van der Waals surface area contributed by atoms with Crippen LogP contribution in [-0.4, -0.2) is 62.7 Å². The Morgan fingerprint density at radius 3 is 2.62 bits per heavy atom. The zero-order valence-corrected chi connectivity index (χ0v) is 20.1. The normalized spacial score (nSPS) is 20.4. The summed E-state index contributed by atoms with van der Waals surface area (Å²) < 4.78 is 9.95. The van der Waals surface area contributed by atoms with Crippen molar-refractivity contribution in [1.82, 2.24) is 10.3 Å². The predicted octanol–water partition coefficient (Wildman–Crippen LogP) is 3.43. The fraction of sp³-hybridized carbons (Fsp3) is 0.500. The maximum Gasteiger partial charge on any atom is 0.407 e.